The minimum Gasteiger partial charge on any atom is -0.0851 e. The summed E-state index contributed by atoms with van der Waals surface area (Å²) in [5.74, 6) is 0. The minimum atomic E-state index is -0.980. The van der Waals surface area contributed by atoms with Gasteiger partial charge in [0.05, 0.1) is 0 Å². The third-order valence-electron chi connectivity index (χ3n) is 0.401. The van der Waals surface area contributed by atoms with E-state index in [1.54, 1.807) is 0 Å². The molecule has 0 aromatic heterocycles. The van der Waals surface area contributed by atoms with Gasteiger partial charge >= 0.3 is 0 Å². The fourth-order valence-electron chi connectivity index (χ4n) is 0. The largest absolute Gasteiger partial charge is 0.218 e. The Kier molecular flexibility index (Phi) is 3.27. The minimum absolute atomic E-state index is 0.706. The summed E-state index contributed by atoms with van der Waals surface area (Å²) in [6.07, 6.45) is 0. The summed E-state index contributed by atoms with van der Waals surface area (Å²) in [6, 6.07) is 0. The van der Waals surface area contributed by atoms with Gasteiger partial charge in [-0.15, -0.1) is 0 Å². The van der Waals surface area contributed by atoms with E-state index in [2.05, 4.69) is 0 Å². The molecule has 0 spiro atoms. The highest BCUT2D eigenvalue weighted by atomic mass is 35.6. The maximum Gasteiger partial charge on any atom is 0.218 e. The van der Waals surface area contributed by atoms with Crippen molar-refractivity contribution >= 4 is 51.1 Å². The third-order valence-corrected chi connectivity index (χ3v) is 3.61. The fourth-order valence-corrected chi connectivity index (χ4v) is 0. The van der Waals surface area contributed by atoms with Crippen LogP contribution in [0.15, 0.2) is 0 Å². The van der Waals surface area contributed by atoms with Gasteiger partial charge in [0.2, 0.25) is 16.3 Å². The Hall–Kier alpha value is 1.40. The quantitative estimate of drug-likeness (QED) is 0.372. The summed E-state index contributed by atoms with van der Waals surface area (Å²) in [6.45, 7) is 0. The van der Waals surface area contributed by atoms with E-state index >= 15 is 0 Å². The predicted molar refractivity (Wildman–Crippen MR) is 33.6 cm³/mol. The molecule has 0 aromatic rings. The van der Waals surface area contributed by atoms with Crippen LogP contribution in [0.2, 0.25) is 5.28 Å². The van der Waals surface area contributed by atoms with E-state index in [1.165, 1.54) is 0 Å². The van der Waals surface area contributed by atoms with Gasteiger partial charge in [-0.2, -0.15) is 0 Å². The monoisotopic (exact) mass is 160 g/mol. The number of halogens is 3. The predicted octanol–water partition coefficient (Wildman–Crippen LogP) is 1.41. The van der Waals surface area contributed by atoms with Gasteiger partial charge < -0.3 is 0 Å². The second-order valence-corrected chi connectivity index (χ2v) is 4.19. The Morgan fingerprint density at radius 1 is 1.33 bits per heavy atom. The first-order chi connectivity index (χ1) is 2.56. The number of alkyl halides is 3. The lowest BCUT2D eigenvalue weighted by Gasteiger charge is -2.02. The van der Waals surface area contributed by atoms with Gasteiger partial charge in [0.15, 0.2) is 3.79 Å². The van der Waals surface area contributed by atoms with Crippen molar-refractivity contribution in [2.75, 3.05) is 0 Å². The highest BCUT2D eigenvalue weighted by molar-refractivity contribution is 6.69. The van der Waals surface area contributed by atoms with Crippen molar-refractivity contribution in [3.63, 3.8) is 0 Å². The van der Waals surface area contributed by atoms with Crippen LogP contribution in [0.25, 0.3) is 0 Å². The number of hydrogen-bond donors (Lipinski definition) is 0. The van der Waals surface area contributed by atoms with Crippen molar-refractivity contribution < 1.29 is 0 Å². The van der Waals surface area contributed by atoms with Gasteiger partial charge in [0, 0.05) is 0 Å². The molecule has 0 aliphatic heterocycles. The highest BCUT2D eigenvalue weighted by Crippen LogP contribution is 2.28. The summed E-state index contributed by atoms with van der Waals surface area (Å²) in [5, 5.41) is 0.706. The lowest BCUT2D eigenvalue weighted by molar-refractivity contribution is 1.26. The molecule has 0 rings (SSSR count). The Morgan fingerprint density at radius 3 is 1.50 bits per heavy atom. The third kappa shape index (κ3) is 5.40. The van der Waals surface area contributed by atoms with E-state index < -0.39 is 3.79 Å². The topological polar surface area (TPSA) is 0 Å². The molecule has 0 unspecified atom stereocenters. The van der Waals surface area contributed by atoms with Crippen molar-refractivity contribution in [3.05, 3.63) is 0 Å². The normalized spacial score (nSPS) is 11.8. The van der Waals surface area contributed by atoms with E-state index in [9.17, 15) is 0 Å². The van der Waals surface area contributed by atoms with Crippen molar-refractivity contribution in [1.29, 1.82) is 0 Å². The fraction of sp³-hybridized carbons (Fsp3) is 1.00. The molecule has 0 nitrogen and oxygen atoms in total. The Bertz CT molecular complexity index is 38.5. The standard InChI is InChI=1S/C2H2Cl3.Al.2H/c1-2(3,4)5;;;/h1H2;;;. The van der Waals surface area contributed by atoms with Crippen LogP contribution in [-0.4, -0.2) is 20.1 Å². The van der Waals surface area contributed by atoms with E-state index in [1.807, 2.05) is 0 Å². The summed E-state index contributed by atoms with van der Waals surface area (Å²) < 4.78 is -0.980. The molecule has 0 fully saturated rings. The van der Waals surface area contributed by atoms with Gasteiger partial charge in [0.25, 0.3) is 0 Å². The Balaban J connectivity index is 3.17. The molecule has 36 valence electrons. The van der Waals surface area contributed by atoms with Crippen LogP contribution in [0.5, 0.6) is 0 Å². The molecule has 0 heterocycles. The number of hydrogen-bond acceptors (Lipinski definition) is 0. The zero-order chi connectivity index (χ0) is 5.21. The van der Waals surface area contributed by atoms with E-state index in [0.717, 1.165) is 16.3 Å². The smallest absolute Gasteiger partial charge is 0.0851 e. The van der Waals surface area contributed by atoms with E-state index in [0.29, 0.717) is 5.28 Å². The first-order valence-corrected chi connectivity index (χ1v) is 4.18. The lowest BCUT2D eigenvalue weighted by Crippen LogP contribution is -1.97. The van der Waals surface area contributed by atoms with Gasteiger partial charge in [-0.1, -0.05) is 40.1 Å². The first kappa shape index (κ1) is 7.40. The molecule has 0 N–H and O–H groups in total. The second-order valence-electron chi connectivity index (χ2n) is 0.969. The molecule has 0 amide bonds. The molecular weight excluding hydrogens is 157 g/mol. The zero-order valence-corrected chi connectivity index (χ0v) is 7.61. The van der Waals surface area contributed by atoms with Gasteiger partial charge in [-0.3, -0.25) is 0 Å². The van der Waals surface area contributed by atoms with Crippen molar-refractivity contribution in [3.8, 4) is 0 Å². The molecule has 0 radical (unpaired) electrons. The summed E-state index contributed by atoms with van der Waals surface area (Å²) in [5.41, 5.74) is 0. The van der Waals surface area contributed by atoms with Crippen LogP contribution in [0.3, 0.4) is 0 Å². The van der Waals surface area contributed by atoms with Crippen LogP contribution in [0.1, 0.15) is 0 Å². The zero-order valence-electron chi connectivity index (χ0n) is 3.34. The molecule has 4 heteroatoms. The lowest BCUT2D eigenvalue weighted by atomic mass is 10.9. The molecular formula is C2H4AlCl3. The maximum absolute atomic E-state index is 5.28. The molecule has 0 saturated heterocycles. The van der Waals surface area contributed by atoms with Crippen LogP contribution < -0.4 is 0 Å². The van der Waals surface area contributed by atoms with Crippen molar-refractivity contribution in [2.24, 2.45) is 0 Å². The molecule has 0 atom stereocenters. The average molecular weight is 161 g/mol. The SMILES string of the molecule is [AlH2][CH2]C(Cl)(Cl)Cl. The van der Waals surface area contributed by atoms with Crippen molar-refractivity contribution in [2.45, 2.75) is 9.08 Å². The summed E-state index contributed by atoms with van der Waals surface area (Å²) >= 11 is 16.8. The molecule has 0 aromatic carbocycles. The average Bonchev–Trinajstić information content (AvgIpc) is 1.35. The maximum atomic E-state index is 5.28. The van der Waals surface area contributed by atoms with Crippen LogP contribution in [0.4, 0.5) is 0 Å². The van der Waals surface area contributed by atoms with Crippen LogP contribution in [-0.2, 0) is 0 Å². The second kappa shape index (κ2) is 2.65. The number of rotatable bonds is 0. The Morgan fingerprint density at radius 2 is 1.50 bits per heavy atom. The van der Waals surface area contributed by atoms with E-state index in [-0.39, 0.29) is 0 Å². The van der Waals surface area contributed by atoms with Crippen molar-refractivity contribution in [1.82, 2.24) is 0 Å². The van der Waals surface area contributed by atoms with Gasteiger partial charge in [-0.25, -0.2) is 0 Å². The molecule has 0 saturated carbocycles. The first-order valence-electron chi connectivity index (χ1n) is 1.63. The molecule has 6 heavy (non-hydrogen) atoms. The van der Waals surface area contributed by atoms with Crippen LogP contribution in [0, 0.1) is 0 Å². The summed E-state index contributed by atoms with van der Waals surface area (Å²) in [7, 11) is 0. The van der Waals surface area contributed by atoms with Gasteiger partial charge in [0.1, 0.15) is 0 Å². The summed E-state index contributed by atoms with van der Waals surface area (Å²) in [4.78, 5) is 0. The molecule has 0 aliphatic rings. The van der Waals surface area contributed by atoms with E-state index in [4.69, 9.17) is 34.8 Å². The highest BCUT2D eigenvalue weighted by Gasteiger charge is 2.13. The molecule has 0 bridgehead atoms. The molecule has 0 aliphatic carbocycles. The van der Waals surface area contributed by atoms with Crippen LogP contribution >= 0.6 is 34.8 Å². The Labute approximate surface area is 60.2 Å². The van der Waals surface area contributed by atoms with Gasteiger partial charge in [-0.05, 0) is 0 Å².